The minimum absolute atomic E-state index is 0.00401. The molecule has 152 valence electrons. The minimum Gasteiger partial charge on any atom is -0.494 e. The van der Waals surface area contributed by atoms with Gasteiger partial charge in [0.2, 0.25) is 5.88 Å². The Bertz CT molecular complexity index is 1010. The van der Waals surface area contributed by atoms with Gasteiger partial charge in [0.05, 0.1) is 37.5 Å². The maximum absolute atomic E-state index is 12.9. The number of hydrogen-bond donors (Lipinski definition) is 0. The first-order valence-corrected chi connectivity index (χ1v) is 9.41. The second-order valence-electron chi connectivity index (χ2n) is 6.88. The van der Waals surface area contributed by atoms with E-state index >= 15 is 0 Å². The largest absolute Gasteiger partial charge is 0.494 e. The first kappa shape index (κ1) is 19.0. The van der Waals surface area contributed by atoms with Crippen molar-refractivity contribution in [3.8, 4) is 17.6 Å². The molecule has 1 aromatic carbocycles. The van der Waals surface area contributed by atoms with Crippen LogP contribution in [-0.4, -0.2) is 64.0 Å². The number of benzene rings is 1. The molecule has 0 radical (unpaired) electrons. The molecule has 1 saturated heterocycles. The predicted molar refractivity (Wildman–Crippen MR) is 105 cm³/mol. The number of nitrogens with zero attached hydrogens (tertiary/aromatic N) is 5. The monoisotopic (exact) mass is 397 g/mol. The zero-order chi connectivity index (χ0) is 20.4. The first-order chi connectivity index (χ1) is 14.1. The third-order valence-electron chi connectivity index (χ3n) is 5.06. The normalized spacial score (nSPS) is 14.8. The van der Waals surface area contributed by atoms with Gasteiger partial charge in [-0.1, -0.05) is 0 Å². The van der Waals surface area contributed by atoms with E-state index in [9.17, 15) is 4.79 Å². The van der Waals surface area contributed by atoms with Gasteiger partial charge in [-0.15, -0.1) is 0 Å². The molecule has 3 aromatic rings. The molecular formula is C20H23N5O4. The molecule has 9 heteroatoms. The number of likely N-dealkylation sites (tertiary alicyclic amines) is 1. The van der Waals surface area contributed by atoms with Gasteiger partial charge in [-0.05, 0) is 18.2 Å². The highest BCUT2D eigenvalue weighted by molar-refractivity contribution is 5.98. The van der Waals surface area contributed by atoms with Crippen LogP contribution in [0.3, 0.4) is 0 Å². The fraction of sp³-hybridized carbons (Fsp3) is 0.400. The molecule has 4 rings (SSSR count). The van der Waals surface area contributed by atoms with Crippen LogP contribution in [0.5, 0.6) is 17.6 Å². The van der Waals surface area contributed by atoms with E-state index < -0.39 is 0 Å². The van der Waals surface area contributed by atoms with E-state index in [1.54, 1.807) is 31.3 Å². The average molecular weight is 397 g/mol. The van der Waals surface area contributed by atoms with E-state index in [1.807, 2.05) is 30.1 Å². The Morgan fingerprint density at radius 2 is 1.83 bits per heavy atom. The van der Waals surface area contributed by atoms with Crippen LogP contribution < -0.4 is 14.2 Å². The Morgan fingerprint density at radius 1 is 1.10 bits per heavy atom. The quantitative estimate of drug-likeness (QED) is 0.651. The van der Waals surface area contributed by atoms with Gasteiger partial charge in [-0.2, -0.15) is 15.1 Å². The van der Waals surface area contributed by atoms with E-state index in [4.69, 9.17) is 14.2 Å². The van der Waals surface area contributed by atoms with Gasteiger partial charge in [0.25, 0.3) is 5.91 Å². The number of methoxy groups -OCH3 is 2. The molecule has 0 bridgehead atoms. The topological polar surface area (TPSA) is 91.6 Å². The van der Waals surface area contributed by atoms with Gasteiger partial charge in [0.15, 0.2) is 5.75 Å². The summed E-state index contributed by atoms with van der Waals surface area (Å²) < 4.78 is 17.9. The van der Waals surface area contributed by atoms with Gasteiger partial charge < -0.3 is 19.1 Å². The van der Waals surface area contributed by atoms with E-state index in [2.05, 4.69) is 15.1 Å². The number of hydrogen-bond acceptors (Lipinski definition) is 7. The number of carbonyl (C=O) groups excluding carboxylic acids is 1. The van der Waals surface area contributed by atoms with E-state index in [-0.39, 0.29) is 12.0 Å². The van der Waals surface area contributed by atoms with Crippen molar-refractivity contribution >= 4 is 16.8 Å². The summed E-state index contributed by atoms with van der Waals surface area (Å²) >= 11 is 0. The van der Waals surface area contributed by atoms with Gasteiger partial charge >= 0.3 is 6.01 Å². The number of rotatable bonds is 5. The molecule has 0 atom stereocenters. The van der Waals surface area contributed by atoms with E-state index in [0.717, 1.165) is 23.7 Å². The third-order valence-corrected chi connectivity index (χ3v) is 5.06. The van der Waals surface area contributed by atoms with Crippen LogP contribution in [0, 0.1) is 0 Å². The second-order valence-corrected chi connectivity index (χ2v) is 6.88. The number of fused-ring (bicyclic) bond motifs is 1. The highest BCUT2D eigenvalue weighted by atomic mass is 16.5. The van der Waals surface area contributed by atoms with Gasteiger partial charge in [0, 0.05) is 38.5 Å². The van der Waals surface area contributed by atoms with Crippen LogP contribution >= 0.6 is 0 Å². The smallest absolute Gasteiger partial charge is 0.316 e. The maximum Gasteiger partial charge on any atom is 0.316 e. The Hall–Kier alpha value is -3.36. The molecule has 0 spiro atoms. The van der Waals surface area contributed by atoms with Crippen LogP contribution in [0.4, 0.5) is 0 Å². The number of ether oxygens (including phenoxy) is 3. The average Bonchev–Trinajstić information content (AvgIpc) is 3.08. The van der Waals surface area contributed by atoms with Crippen molar-refractivity contribution in [2.24, 2.45) is 7.05 Å². The van der Waals surface area contributed by atoms with Crippen LogP contribution in [0.1, 0.15) is 23.2 Å². The molecule has 9 nitrogen and oxygen atoms in total. The lowest BCUT2D eigenvalue weighted by atomic mass is 10.1. The molecule has 1 fully saturated rings. The predicted octanol–water partition coefficient (Wildman–Crippen LogP) is 2.06. The lowest BCUT2D eigenvalue weighted by molar-refractivity contribution is 0.0578. The van der Waals surface area contributed by atoms with Crippen molar-refractivity contribution in [3.63, 3.8) is 0 Å². The van der Waals surface area contributed by atoms with Crippen molar-refractivity contribution in [1.82, 2.24) is 24.6 Å². The number of amides is 1. The Labute approximate surface area is 168 Å². The van der Waals surface area contributed by atoms with Crippen molar-refractivity contribution in [3.05, 3.63) is 36.2 Å². The molecule has 1 amide bonds. The molecule has 0 N–H and O–H groups in total. The second kappa shape index (κ2) is 7.94. The lowest BCUT2D eigenvalue weighted by Crippen LogP contribution is -2.41. The van der Waals surface area contributed by atoms with Crippen LogP contribution in [0.25, 0.3) is 10.9 Å². The van der Waals surface area contributed by atoms with Crippen molar-refractivity contribution < 1.29 is 19.0 Å². The zero-order valence-corrected chi connectivity index (χ0v) is 16.7. The van der Waals surface area contributed by atoms with Crippen LogP contribution in [0.2, 0.25) is 0 Å². The SMILES string of the molecule is COc1cnc(OC2CCN(C(=O)c3ccc4c(OC)n(C)nc4c3)CC2)nc1. The summed E-state index contributed by atoms with van der Waals surface area (Å²) in [4.78, 5) is 23.0. The Morgan fingerprint density at radius 3 is 2.48 bits per heavy atom. The maximum atomic E-state index is 12.9. The molecule has 1 aliphatic rings. The minimum atomic E-state index is -0.0185. The fourth-order valence-electron chi connectivity index (χ4n) is 3.53. The number of piperidine rings is 1. The van der Waals surface area contributed by atoms with Gasteiger partial charge in [-0.3, -0.25) is 4.79 Å². The highest BCUT2D eigenvalue weighted by Gasteiger charge is 2.26. The molecular weight excluding hydrogens is 374 g/mol. The third kappa shape index (κ3) is 3.80. The van der Waals surface area contributed by atoms with Gasteiger partial charge in [0.1, 0.15) is 6.10 Å². The van der Waals surface area contributed by atoms with E-state index in [1.165, 1.54) is 0 Å². The van der Waals surface area contributed by atoms with Crippen molar-refractivity contribution in [1.29, 1.82) is 0 Å². The van der Waals surface area contributed by atoms with Crippen LogP contribution in [-0.2, 0) is 7.05 Å². The summed E-state index contributed by atoms with van der Waals surface area (Å²) in [5, 5.41) is 5.31. The fourth-order valence-corrected chi connectivity index (χ4v) is 3.53. The molecule has 3 heterocycles. The standard InChI is InChI=1S/C20H23N5O4/c1-24-19(28-3)16-5-4-13(10-17(16)23-24)18(26)25-8-6-14(7-9-25)29-20-21-11-15(27-2)12-22-20/h4-5,10-12,14H,6-9H2,1-3H3. The summed E-state index contributed by atoms with van der Waals surface area (Å²) in [6, 6.07) is 5.84. The van der Waals surface area contributed by atoms with Crippen molar-refractivity contribution in [2.45, 2.75) is 18.9 Å². The number of carbonyl (C=O) groups is 1. The molecule has 29 heavy (non-hydrogen) atoms. The van der Waals surface area contributed by atoms with E-state index in [0.29, 0.717) is 36.3 Å². The molecule has 0 saturated carbocycles. The highest BCUT2D eigenvalue weighted by Crippen LogP contribution is 2.26. The summed E-state index contributed by atoms with van der Waals surface area (Å²) in [5.41, 5.74) is 1.36. The summed E-state index contributed by atoms with van der Waals surface area (Å²) in [5.74, 6) is 1.26. The first-order valence-electron chi connectivity index (χ1n) is 9.41. The zero-order valence-electron chi connectivity index (χ0n) is 16.7. The number of aromatic nitrogens is 4. The molecule has 0 unspecified atom stereocenters. The Kier molecular flexibility index (Phi) is 5.20. The number of aryl methyl sites for hydroxylation is 1. The van der Waals surface area contributed by atoms with Crippen LogP contribution in [0.15, 0.2) is 30.6 Å². The molecule has 1 aliphatic heterocycles. The summed E-state index contributed by atoms with van der Waals surface area (Å²) in [6.45, 7) is 1.23. The van der Waals surface area contributed by atoms with Crippen molar-refractivity contribution in [2.75, 3.05) is 27.3 Å². The summed E-state index contributed by atoms with van der Waals surface area (Å²) in [6.07, 6.45) is 4.57. The lowest BCUT2D eigenvalue weighted by Gasteiger charge is -2.31. The molecule has 0 aliphatic carbocycles. The van der Waals surface area contributed by atoms with Gasteiger partial charge in [-0.25, -0.2) is 4.68 Å². The summed E-state index contributed by atoms with van der Waals surface area (Å²) in [7, 11) is 4.99. The molecule has 2 aromatic heterocycles. The Balaban J connectivity index is 1.39.